The highest BCUT2D eigenvalue weighted by Gasteiger charge is 2.17. The van der Waals surface area contributed by atoms with Gasteiger partial charge in [0.25, 0.3) is 0 Å². The molecule has 0 saturated carbocycles. The summed E-state index contributed by atoms with van der Waals surface area (Å²) in [5, 5.41) is 0.635. The lowest BCUT2D eigenvalue weighted by atomic mass is 10.0. The summed E-state index contributed by atoms with van der Waals surface area (Å²) in [4.78, 5) is 12.0. The quantitative estimate of drug-likeness (QED) is 0.751. The van der Waals surface area contributed by atoms with Crippen LogP contribution in [0.5, 0.6) is 0 Å². The second kappa shape index (κ2) is 5.68. The van der Waals surface area contributed by atoms with E-state index in [1.807, 2.05) is 0 Å². The monoisotopic (exact) mass is 300 g/mol. The van der Waals surface area contributed by atoms with Crippen molar-refractivity contribution in [1.29, 1.82) is 0 Å². The number of carbonyl (C=O) groups excluding carboxylic acids is 1. The standard InChI is InChI=1S/C14H8Cl2F2O/c15-10-4-2-5-11(16)9(10)7-13(19)8-3-1-6-12(17)14(8)18/h1-6H,7H2. The molecule has 19 heavy (non-hydrogen) atoms. The molecule has 2 aromatic carbocycles. The van der Waals surface area contributed by atoms with Gasteiger partial charge in [0.05, 0.1) is 5.56 Å². The summed E-state index contributed by atoms with van der Waals surface area (Å²) in [7, 11) is 0. The Hall–Kier alpha value is -1.45. The average Bonchev–Trinajstić information content (AvgIpc) is 2.37. The van der Waals surface area contributed by atoms with Crippen molar-refractivity contribution in [2.45, 2.75) is 6.42 Å². The van der Waals surface area contributed by atoms with E-state index in [1.165, 1.54) is 12.1 Å². The molecular weight excluding hydrogens is 293 g/mol. The molecule has 98 valence electrons. The van der Waals surface area contributed by atoms with Crippen LogP contribution >= 0.6 is 23.2 Å². The molecule has 0 aliphatic carbocycles. The van der Waals surface area contributed by atoms with Gasteiger partial charge in [-0.25, -0.2) is 8.78 Å². The van der Waals surface area contributed by atoms with E-state index in [0.717, 1.165) is 6.07 Å². The largest absolute Gasteiger partial charge is 0.294 e. The van der Waals surface area contributed by atoms with E-state index in [1.54, 1.807) is 18.2 Å². The number of Topliss-reactive ketones (excluding diaryl/α,β-unsaturated/α-hetero) is 1. The molecule has 5 heteroatoms. The molecule has 0 saturated heterocycles. The van der Waals surface area contributed by atoms with Crippen molar-refractivity contribution in [2.24, 2.45) is 0 Å². The third-order valence-electron chi connectivity index (χ3n) is 2.65. The predicted octanol–water partition coefficient (Wildman–Crippen LogP) is 4.70. The van der Waals surface area contributed by atoms with Crippen molar-refractivity contribution in [1.82, 2.24) is 0 Å². The molecule has 0 unspecified atom stereocenters. The molecule has 0 radical (unpaired) electrons. The average molecular weight is 301 g/mol. The molecule has 1 nitrogen and oxygen atoms in total. The van der Waals surface area contributed by atoms with Crippen LogP contribution in [0.25, 0.3) is 0 Å². The summed E-state index contributed by atoms with van der Waals surface area (Å²) in [5.74, 6) is -2.79. The van der Waals surface area contributed by atoms with Crippen LogP contribution in [0, 0.1) is 11.6 Å². The van der Waals surface area contributed by atoms with Crippen LogP contribution < -0.4 is 0 Å². The third kappa shape index (κ3) is 2.94. The van der Waals surface area contributed by atoms with E-state index in [9.17, 15) is 13.6 Å². The van der Waals surface area contributed by atoms with E-state index in [-0.39, 0.29) is 12.0 Å². The summed E-state index contributed by atoms with van der Waals surface area (Å²) >= 11 is 11.9. The zero-order valence-electron chi connectivity index (χ0n) is 9.59. The molecule has 2 rings (SSSR count). The van der Waals surface area contributed by atoms with Crippen LogP contribution in [0.3, 0.4) is 0 Å². The molecule has 0 aromatic heterocycles. The van der Waals surface area contributed by atoms with Gasteiger partial charge in [-0.2, -0.15) is 0 Å². The van der Waals surface area contributed by atoms with Crippen LogP contribution in [0.1, 0.15) is 15.9 Å². The fourth-order valence-electron chi connectivity index (χ4n) is 1.68. The van der Waals surface area contributed by atoms with Crippen molar-refractivity contribution in [3.8, 4) is 0 Å². The van der Waals surface area contributed by atoms with Gasteiger partial charge in [-0.3, -0.25) is 4.79 Å². The normalized spacial score (nSPS) is 10.5. The van der Waals surface area contributed by atoms with Gasteiger partial charge in [0.2, 0.25) is 0 Å². The second-order valence-corrected chi connectivity index (χ2v) is 4.72. The number of rotatable bonds is 3. The lowest BCUT2D eigenvalue weighted by molar-refractivity contribution is 0.0988. The van der Waals surface area contributed by atoms with Crippen molar-refractivity contribution in [2.75, 3.05) is 0 Å². The fraction of sp³-hybridized carbons (Fsp3) is 0.0714. The van der Waals surface area contributed by atoms with E-state index in [0.29, 0.717) is 15.6 Å². The highest BCUT2D eigenvalue weighted by molar-refractivity contribution is 6.36. The fourth-order valence-corrected chi connectivity index (χ4v) is 2.21. The molecule has 0 spiro atoms. The minimum absolute atomic E-state index is 0.182. The van der Waals surface area contributed by atoms with Crippen LogP contribution in [-0.4, -0.2) is 5.78 Å². The first-order valence-electron chi connectivity index (χ1n) is 5.41. The van der Waals surface area contributed by atoms with Gasteiger partial charge in [0.15, 0.2) is 17.4 Å². The Morgan fingerprint density at radius 3 is 2.21 bits per heavy atom. The Labute approximate surface area is 118 Å². The topological polar surface area (TPSA) is 17.1 Å². The van der Waals surface area contributed by atoms with Gasteiger partial charge >= 0.3 is 0 Å². The van der Waals surface area contributed by atoms with Crippen molar-refractivity contribution < 1.29 is 13.6 Å². The summed E-state index contributed by atoms with van der Waals surface area (Å²) in [6, 6.07) is 8.26. The van der Waals surface area contributed by atoms with Gasteiger partial charge in [0.1, 0.15) is 0 Å². The number of benzene rings is 2. The number of carbonyl (C=O) groups is 1. The highest BCUT2D eigenvalue weighted by Crippen LogP contribution is 2.26. The van der Waals surface area contributed by atoms with Crippen molar-refractivity contribution in [3.05, 3.63) is 69.2 Å². The van der Waals surface area contributed by atoms with Crippen LogP contribution in [0.15, 0.2) is 36.4 Å². The van der Waals surface area contributed by atoms with Crippen molar-refractivity contribution in [3.63, 3.8) is 0 Å². The number of halogens is 4. The maximum absolute atomic E-state index is 13.5. The smallest absolute Gasteiger partial charge is 0.170 e. The van der Waals surface area contributed by atoms with Gasteiger partial charge in [-0.15, -0.1) is 0 Å². The lowest BCUT2D eigenvalue weighted by Gasteiger charge is -2.07. The van der Waals surface area contributed by atoms with E-state index in [2.05, 4.69) is 0 Å². The van der Waals surface area contributed by atoms with Gasteiger partial charge in [-0.05, 0) is 29.8 Å². The summed E-state index contributed by atoms with van der Waals surface area (Å²) in [6.07, 6.45) is -0.182. The minimum Gasteiger partial charge on any atom is -0.294 e. The first-order valence-corrected chi connectivity index (χ1v) is 6.16. The zero-order chi connectivity index (χ0) is 14.0. The molecule has 0 atom stereocenters. The molecule has 0 aliphatic heterocycles. The maximum Gasteiger partial charge on any atom is 0.170 e. The van der Waals surface area contributed by atoms with Crippen LogP contribution in [0.4, 0.5) is 8.78 Å². The zero-order valence-corrected chi connectivity index (χ0v) is 11.1. The molecule has 0 N–H and O–H groups in total. The molecule has 0 fully saturated rings. The molecule has 0 aliphatic rings. The van der Waals surface area contributed by atoms with Gasteiger partial charge in [0, 0.05) is 16.5 Å². The Morgan fingerprint density at radius 1 is 1.00 bits per heavy atom. The number of hydrogen-bond donors (Lipinski definition) is 0. The third-order valence-corrected chi connectivity index (χ3v) is 3.36. The maximum atomic E-state index is 13.5. The van der Waals surface area contributed by atoms with Gasteiger partial charge < -0.3 is 0 Å². The summed E-state index contributed by atoms with van der Waals surface area (Å²) in [5.41, 5.74) is 0.0930. The SMILES string of the molecule is O=C(Cc1c(Cl)cccc1Cl)c1cccc(F)c1F. The number of hydrogen-bond acceptors (Lipinski definition) is 1. The second-order valence-electron chi connectivity index (χ2n) is 3.90. The Balaban J connectivity index is 2.34. The molecular formula is C14H8Cl2F2O. The summed E-state index contributed by atoms with van der Waals surface area (Å²) in [6.45, 7) is 0. The van der Waals surface area contributed by atoms with E-state index >= 15 is 0 Å². The minimum atomic E-state index is -1.16. The Morgan fingerprint density at radius 2 is 1.58 bits per heavy atom. The predicted molar refractivity (Wildman–Crippen MR) is 70.9 cm³/mol. The molecule has 2 aromatic rings. The van der Waals surface area contributed by atoms with E-state index in [4.69, 9.17) is 23.2 Å². The first kappa shape index (κ1) is 14.0. The molecule has 0 amide bonds. The van der Waals surface area contributed by atoms with E-state index < -0.39 is 17.4 Å². The highest BCUT2D eigenvalue weighted by atomic mass is 35.5. The van der Waals surface area contributed by atoms with Crippen molar-refractivity contribution >= 4 is 29.0 Å². The molecule has 0 bridgehead atoms. The van der Waals surface area contributed by atoms with Gasteiger partial charge in [-0.1, -0.05) is 35.3 Å². The first-order chi connectivity index (χ1) is 9.00. The van der Waals surface area contributed by atoms with Crippen LogP contribution in [-0.2, 0) is 6.42 Å². The molecule has 0 heterocycles. The number of ketones is 1. The Bertz CT molecular complexity index is 621. The summed E-state index contributed by atoms with van der Waals surface area (Å²) < 4.78 is 26.6. The lowest BCUT2D eigenvalue weighted by Crippen LogP contribution is -2.08. The Kier molecular flexibility index (Phi) is 4.17. The van der Waals surface area contributed by atoms with Crippen LogP contribution in [0.2, 0.25) is 10.0 Å².